The average Bonchev–Trinajstić information content (AvgIpc) is 3.27. The Labute approximate surface area is 148 Å². The van der Waals surface area contributed by atoms with Gasteiger partial charge in [-0.3, -0.25) is 4.79 Å². The number of fused-ring (bicyclic) bond motifs is 1. The maximum Gasteiger partial charge on any atom is 0.326 e. The minimum absolute atomic E-state index is 0.0143. The Balaban J connectivity index is 1.63. The summed E-state index contributed by atoms with van der Waals surface area (Å²) in [4.78, 5) is 38.9. The number of hydrogen-bond acceptors (Lipinski definition) is 6. The molecule has 1 saturated carbocycles. The van der Waals surface area contributed by atoms with Gasteiger partial charge < -0.3 is 10.0 Å². The van der Waals surface area contributed by atoms with Crippen molar-refractivity contribution in [3.8, 4) is 10.8 Å². The molecule has 1 aliphatic carbocycles. The summed E-state index contributed by atoms with van der Waals surface area (Å²) < 4.78 is 0. The molecule has 1 saturated heterocycles. The first-order valence-corrected chi connectivity index (χ1v) is 9.31. The van der Waals surface area contributed by atoms with Crippen LogP contribution in [0.25, 0.3) is 10.8 Å². The zero-order valence-electron chi connectivity index (χ0n) is 13.5. The van der Waals surface area contributed by atoms with Gasteiger partial charge in [0.05, 0.1) is 0 Å². The second-order valence-corrected chi connectivity index (χ2v) is 7.38. The van der Waals surface area contributed by atoms with E-state index in [-0.39, 0.29) is 23.6 Å². The molecule has 3 heterocycles. The van der Waals surface area contributed by atoms with Crippen molar-refractivity contribution in [1.82, 2.24) is 19.9 Å². The third-order valence-electron chi connectivity index (χ3n) is 5.09. The fourth-order valence-electron chi connectivity index (χ4n) is 3.99. The Morgan fingerprint density at radius 2 is 1.96 bits per heavy atom. The van der Waals surface area contributed by atoms with Crippen molar-refractivity contribution >= 4 is 23.2 Å². The number of carboxylic acids is 1. The first kappa shape index (κ1) is 16.1. The lowest BCUT2D eigenvalue weighted by molar-refractivity contribution is -0.141. The summed E-state index contributed by atoms with van der Waals surface area (Å²) in [5.74, 6) is -0.461. The van der Waals surface area contributed by atoms with Crippen LogP contribution in [-0.4, -0.2) is 48.9 Å². The summed E-state index contributed by atoms with van der Waals surface area (Å²) in [5, 5.41) is 11.8. The topological polar surface area (TPSA) is 96.3 Å². The molecular weight excluding hydrogens is 340 g/mol. The number of thiazole rings is 1. The quantitative estimate of drug-likeness (QED) is 0.905. The van der Waals surface area contributed by atoms with Gasteiger partial charge in [0.25, 0.3) is 5.91 Å². The highest BCUT2D eigenvalue weighted by atomic mass is 32.1. The second-order valence-electron chi connectivity index (χ2n) is 6.52. The predicted octanol–water partition coefficient (Wildman–Crippen LogP) is 2.46. The van der Waals surface area contributed by atoms with Gasteiger partial charge in [-0.2, -0.15) is 0 Å². The van der Waals surface area contributed by atoms with E-state index < -0.39 is 12.0 Å². The van der Waals surface area contributed by atoms with Crippen LogP contribution in [0.1, 0.15) is 42.6 Å². The zero-order valence-corrected chi connectivity index (χ0v) is 14.4. The van der Waals surface area contributed by atoms with Crippen molar-refractivity contribution in [2.75, 3.05) is 0 Å². The summed E-state index contributed by atoms with van der Waals surface area (Å²) >= 11 is 1.30. The fourth-order valence-corrected chi connectivity index (χ4v) is 4.73. The number of amides is 1. The van der Waals surface area contributed by atoms with Crippen molar-refractivity contribution in [3.63, 3.8) is 0 Å². The Kier molecular flexibility index (Phi) is 4.20. The van der Waals surface area contributed by atoms with Crippen molar-refractivity contribution in [3.05, 3.63) is 29.5 Å². The second kappa shape index (κ2) is 6.51. The number of hydrogen-bond donors (Lipinski definition) is 1. The van der Waals surface area contributed by atoms with Crippen LogP contribution in [0.2, 0.25) is 0 Å². The largest absolute Gasteiger partial charge is 0.480 e. The van der Waals surface area contributed by atoms with Crippen molar-refractivity contribution < 1.29 is 14.7 Å². The van der Waals surface area contributed by atoms with Gasteiger partial charge in [-0.1, -0.05) is 12.8 Å². The van der Waals surface area contributed by atoms with E-state index >= 15 is 0 Å². The number of aromatic nitrogens is 3. The van der Waals surface area contributed by atoms with Crippen LogP contribution in [0.3, 0.4) is 0 Å². The molecular formula is C17H18N4O3S. The normalized spacial score (nSPS) is 25.6. The number of nitrogens with zero attached hydrogens (tertiary/aromatic N) is 4. The fraction of sp³-hybridized carbons (Fsp3) is 0.471. The van der Waals surface area contributed by atoms with E-state index in [0.29, 0.717) is 17.3 Å². The Bertz CT molecular complexity index is 794. The first-order valence-electron chi connectivity index (χ1n) is 8.43. The highest BCUT2D eigenvalue weighted by molar-refractivity contribution is 7.13. The van der Waals surface area contributed by atoms with E-state index in [1.54, 1.807) is 28.7 Å². The highest BCUT2D eigenvalue weighted by Gasteiger charge is 2.48. The third kappa shape index (κ3) is 2.90. The predicted molar refractivity (Wildman–Crippen MR) is 91.1 cm³/mol. The maximum absolute atomic E-state index is 13.0. The summed E-state index contributed by atoms with van der Waals surface area (Å²) in [6.45, 7) is 0. The molecule has 1 N–H and O–H groups in total. The lowest BCUT2D eigenvalue weighted by atomic mass is 9.84. The first-order chi connectivity index (χ1) is 12.1. The van der Waals surface area contributed by atoms with Crippen LogP contribution >= 0.6 is 11.3 Å². The minimum Gasteiger partial charge on any atom is -0.480 e. The number of carbonyl (C=O) groups is 2. The maximum atomic E-state index is 13.0. The molecule has 1 aliphatic heterocycles. The molecule has 2 fully saturated rings. The third-order valence-corrected chi connectivity index (χ3v) is 5.93. The van der Waals surface area contributed by atoms with Crippen LogP contribution in [0.15, 0.2) is 23.8 Å². The summed E-state index contributed by atoms with van der Waals surface area (Å²) in [5.41, 5.74) is 0.282. The molecule has 0 spiro atoms. The number of carboxylic acid groups (broad SMARTS) is 1. The average molecular weight is 358 g/mol. The molecule has 25 heavy (non-hydrogen) atoms. The van der Waals surface area contributed by atoms with Gasteiger partial charge in [-0.25, -0.2) is 19.7 Å². The summed E-state index contributed by atoms with van der Waals surface area (Å²) in [7, 11) is 0. The number of likely N-dealkylation sites (tertiary alicyclic amines) is 1. The van der Waals surface area contributed by atoms with Crippen molar-refractivity contribution in [1.29, 1.82) is 0 Å². The van der Waals surface area contributed by atoms with Crippen LogP contribution in [0, 0.1) is 5.92 Å². The molecule has 4 rings (SSSR count). The Morgan fingerprint density at radius 1 is 1.20 bits per heavy atom. The summed E-state index contributed by atoms with van der Waals surface area (Å²) in [6.07, 6.45) is 7.82. The van der Waals surface area contributed by atoms with Gasteiger partial charge in [-0.15, -0.1) is 11.3 Å². The Hall–Kier alpha value is -2.35. The number of aliphatic carboxylic acids is 1. The Morgan fingerprint density at radius 3 is 2.72 bits per heavy atom. The lowest BCUT2D eigenvalue weighted by Gasteiger charge is -2.32. The van der Waals surface area contributed by atoms with E-state index in [9.17, 15) is 14.7 Å². The van der Waals surface area contributed by atoms with Crippen molar-refractivity contribution in [2.24, 2.45) is 5.92 Å². The number of rotatable bonds is 3. The van der Waals surface area contributed by atoms with Gasteiger partial charge in [0, 0.05) is 23.8 Å². The van der Waals surface area contributed by atoms with Crippen LogP contribution < -0.4 is 0 Å². The molecule has 2 aliphatic rings. The molecule has 130 valence electrons. The molecule has 0 bridgehead atoms. The standard InChI is InChI=1S/C17H18N4O3S/c22-16(11-9-25-15(20-11)14-18-6-3-7-19-14)21-12-5-2-1-4-10(12)8-13(21)17(23)24/h3,6-7,9-10,12-13H,1-2,4-5,8H2,(H,23,24)/t10-,12-,13-/m0/s1. The zero-order chi connectivity index (χ0) is 17.4. The SMILES string of the molecule is O=C(O)[C@@H]1C[C@@H]2CCCC[C@@H]2N1C(=O)c1csc(-c2ncccn2)n1. The summed E-state index contributed by atoms with van der Waals surface area (Å²) in [6, 6.07) is 0.979. The molecule has 0 unspecified atom stereocenters. The molecule has 2 aromatic heterocycles. The molecule has 8 heteroatoms. The minimum atomic E-state index is -0.926. The van der Waals surface area contributed by atoms with Gasteiger partial charge in [0.1, 0.15) is 11.7 Å². The molecule has 2 aromatic rings. The van der Waals surface area contributed by atoms with E-state index in [0.717, 1.165) is 25.7 Å². The van der Waals surface area contributed by atoms with Gasteiger partial charge in [0.2, 0.25) is 0 Å². The van der Waals surface area contributed by atoms with Gasteiger partial charge >= 0.3 is 5.97 Å². The van der Waals surface area contributed by atoms with Gasteiger partial charge in [0.15, 0.2) is 10.8 Å². The monoisotopic (exact) mass is 358 g/mol. The van der Waals surface area contributed by atoms with Gasteiger partial charge in [-0.05, 0) is 31.2 Å². The smallest absolute Gasteiger partial charge is 0.326 e. The van der Waals surface area contributed by atoms with E-state index in [1.165, 1.54) is 11.3 Å². The highest BCUT2D eigenvalue weighted by Crippen LogP contribution is 2.40. The lowest BCUT2D eigenvalue weighted by Crippen LogP contribution is -2.46. The van der Waals surface area contributed by atoms with E-state index in [4.69, 9.17) is 0 Å². The molecule has 7 nitrogen and oxygen atoms in total. The van der Waals surface area contributed by atoms with E-state index in [2.05, 4.69) is 15.0 Å². The molecule has 1 amide bonds. The van der Waals surface area contributed by atoms with Crippen LogP contribution in [0.4, 0.5) is 0 Å². The van der Waals surface area contributed by atoms with E-state index in [1.807, 2.05) is 0 Å². The molecule has 3 atom stereocenters. The van der Waals surface area contributed by atoms with Crippen molar-refractivity contribution in [2.45, 2.75) is 44.2 Å². The molecule has 0 radical (unpaired) electrons. The molecule has 0 aromatic carbocycles. The number of carbonyl (C=O) groups excluding carboxylic acids is 1. The van der Waals surface area contributed by atoms with Crippen LogP contribution in [0.5, 0.6) is 0 Å². The van der Waals surface area contributed by atoms with Crippen LogP contribution in [-0.2, 0) is 4.79 Å².